The largest absolute Gasteiger partial charge is 0.504 e. The van der Waals surface area contributed by atoms with Crippen LogP contribution >= 0.6 is 0 Å². The summed E-state index contributed by atoms with van der Waals surface area (Å²) in [5, 5.41) is 20.8. The minimum atomic E-state index is 0.137. The van der Waals surface area contributed by atoms with E-state index in [1.165, 1.54) is 7.11 Å². The maximum Gasteiger partial charge on any atom is 0.160 e. The molecule has 0 fully saturated rings. The summed E-state index contributed by atoms with van der Waals surface area (Å²) in [4.78, 5) is 0. The molecule has 1 aromatic carbocycles. The van der Waals surface area contributed by atoms with Gasteiger partial charge in [0.2, 0.25) is 0 Å². The lowest BCUT2D eigenvalue weighted by Crippen LogP contribution is -2.14. The van der Waals surface area contributed by atoms with E-state index in [-0.39, 0.29) is 5.75 Å². The molecule has 2 N–H and O–H groups in total. The fraction of sp³-hybridized carbons (Fsp3) is 0.364. The first kappa shape index (κ1) is 11.3. The standard InChI is InChI=1S/C11H14N2O2/c1-15-11-7-9(3-4-10(11)14)8-13-6-2-5-12/h3-4,7,13-14H,2,6,8H2,1H3. The Morgan fingerprint density at radius 3 is 3.00 bits per heavy atom. The number of methoxy groups -OCH3 is 1. The summed E-state index contributed by atoms with van der Waals surface area (Å²) in [6.07, 6.45) is 0.495. The Morgan fingerprint density at radius 2 is 2.33 bits per heavy atom. The second-order valence-corrected chi connectivity index (χ2v) is 3.09. The van der Waals surface area contributed by atoms with Crippen LogP contribution in [0.1, 0.15) is 12.0 Å². The number of aromatic hydroxyl groups is 1. The van der Waals surface area contributed by atoms with E-state index in [0.29, 0.717) is 25.3 Å². The SMILES string of the molecule is COc1cc(CNCCC#N)ccc1O. The van der Waals surface area contributed by atoms with Crippen LogP contribution in [0.15, 0.2) is 18.2 Å². The minimum Gasteiger partial charge on any atom is -0.504 e. The quantitative estimate of drug-likeness (QED) is 0.715. The summed E-state index contributed by atoms with van der Waals surface area (Å²) >= 11 is 0. The minimum absolute atomic E-state index is 0.137. The van der Waals surface area contributed by atoms with Crippen molar-refractivity contribution in [2.75, 3.05) is 13.7 Å². The number of rotatable bonds is 5. The number of hydrogen-bond acceptors (Lipinski definition) is 4. The number of hydrogen-bond donors (Lipinski definition) is 2. The Morgan fingerprint density at radius 1 is 1.53 bits per heavy atom. The van der Waals surface area contributed by atoms with E-state index < -0.39 is 0 Å². The van der Waals surface area contributed by atoms with Gasteiger partial charge in [0.15, 0.2) is 11.5 Å². The van der Waals surface area contributed by atoms with Gasteiger partial charge >= 0.3 is 0 Å². The molecule has 4 nitrogen and oxygen atoms in total. The van der Waals surface area contributed by atoms with Crippen LogP contribution in [0.5, 0.6) is 11.5 Å². The maximum atomic E-state index is 9.36. The molecule has 0 amide bonds. The lowest BCUT2D eigenvalue weighted by Gasteiger charge is -2.06. The molecule has 0 radical (unpaired) electrons. The van der Waals surface area contributed by atoms with Crippen molar-refractivity contribution >= 4 is 0 Å². The fourth-order valence-corrected chi connectivity index (χ4v) is 1.21. The second kappa shape index (κ2) is 5.89. The highest BCUT2D eigenvalue weighted by molar-refractivity contribution is 5.41. The number of nitrogens with one attached hydrogen (secondary N) is 1. The number of ether oxygens (including phenoxy) is 1. The van der Waals surface area contributed by atoms with Gasteiger partial charge in [-0.15, -0.1) is 0 Å². The molecule has 0 aromatic heterocycles. The molecule has 1 rings (SSSR count). The molecule has 0 atom stereocenters. The van der Waals surface area contributed by atoms with Crippen molar-refractivity contribution < 1.29 is 9.84 Å². The van der Waals surface area contributed by atoms with Crippen molar-refractivity contribution in [2.45, 2.75) is 13.0 Å². The predicted octanol–water partition coefficient (Wildman–Crippen LogP) is 1.40. The van der Waals surface area contributed by atoms with Crippen molar-refractivity contribution in [1.29, 1.82) is 5.26 Å². The van der Waals surface area contributed by atoms with Gasteiger partial charge in [-0.25, -0.2) is 0 Å². The van der Waals surface area contributed by atoms with Crippen molar-refractivity contribution in [2.24, 2.45) is 0 Å². The highest BCUT2D eigenvalue weighted by Crippen LogP contribution is 2.25. The molecular weight excluding hydrogens is 192 g/mol. The molecule has 4 heteroatoms. The number of phenolic OH excluding ortho intramolecular Hbond substituents is 1. The van der Waals surface area contributed by atoms with Crippen LogP contribution in [0.4, 0.5) is 0 Å². The first-order valence-electron chi connectivity index (χ1n) is 4.71. The van der Waals surface area contributed by atoms with Crippen LogP contribution < -0.4 is 10.1 Å². The van der Waals surface area contributed by atoms with E-state index in [0.717, 1.165) is 5.56 Å². The Bertz CT molecular complexity index is 358. The van der Waals surface area contributed by atoms with Gasteiger partial charge in [-0.3, -0.25) is 0 Å². The van der Waals surface area contributed by atoms with Gasteiger partial charge in [-0.1, -0.05) is 6.07 Å². The monoisotopic (exact) mass is 206 g/mol. The molecule has 0 saturated heterocycles. The molecule has 0 aliphatic carbocycles. The van der Waals surface area contributed by atoms with E-state index in [1.807, 2.05) is 6.07 Å². The van der Waals surface area contributed by atoms with E-state index in [1.54, 1.807) is 12.1 Å². The number of nitrogens with zero attached hydrogens (tertiary/aromatic N) is 1. The summed E-state index contributed by atoms with van der Waals surface area (Å²) in [5.74, 6) is 0.604. The van der Waals surface area contributed by atoms with Crippen LogP contribution in [-0.4, -0.2) is 18.8 Å². The van der Waals surface area contributed by atoms with E-state index in [4.69, 9.17) is 10.00 Å². The van der Waals surface area contributed by atoms with Crippen molar-refractivity contribution in [3.05, 3.63) is 23.8 Å². The van der Waals surface area contributed by atoms with Gasteiger partial charge in [-0.05, 0) is 17.7 Å². The summed E-state index contributed by atoms with van der Waals surface area (Å²) in [5.41, 5.74) is 1.02. The smallest absolute Gasteiger partial charge is 0.160 e. The zero-order valence-corrected chi connectivity index (χ0v) is 8.66. The van der Waals surface area contributed by atoms with Gasteiger partial charge in [0.1, 0.15) is 0 Å². The third kappa shape index (κ3) is 3.49. The van der Waals surface area contributed by atoms with Crippen molar-refractivity contribution in [1.82, 2.24) is 5.32 Å². The average Bonchev–Trinajstić information content (AvgIpc) is 2.26. The van der Waals surface area contributed by atoms with Gasteiger partial charge in [0.05, 0.1) is 13.2 Å². The van der Waals surface area contributed by atoms with E-state index in [2.05, 4.69) is 11.4 Å². The highest BCUT2D eigenvalue weighted by Gasteiger charge is 2.01. The number of benzene rings is 1. The zero-order valence-electron chi connectivity index (χ0n) is 8.66. The topological polar surface area (TPSA) is 65.3 Å². The maximum absolute atomic E-state index is 9.36. The number of nitriles is 1. The molecule has 0 unspecified atom stereocenters. The summed E-state index contributed by atoms with van der Waals surface area (Å²) in [6, 6.07) is 7.25. The first-order chi connectivity index (χ1) is 7.27. The van der Waals surface area contributed by atoms with Crippen LogP contribution in [0.25, 0.3) is 0 Å². The predicted molar refractivity (Wildman–Crippen MR) is 56.6 cm³/mol. The summed E-state index contributed by atoms with van der Waals surface area (Å²) in [6.45, 7) is 1.33. The third-order valence-electron chi connectivity index (χ3n) is 1.99. The molecule has 0 heterocycles. The molecule has 0 aliphatic heterocycles. The Labute approximate surface area is 89.1 Å². The van der Waals surface area contributed by atoms with Gasteiger partial charge in [-0.2, -0.15) is 5.26 Å². The Kier molecular flexibility index (Phi) is 4.45. The number of phenols is 1. The molecule has 0 aliphatic rings. The molecule has 80 valence electrons. The average molecular weight is 206 g/mol. The lowest BCUT2D eigenvalue weighted by molar-refractivity contribution is 0.373. The van der Waals surface area contributed by atoms with Crippen molar-refractivity contribution in [3.63, 3.8) is 0 Å². The summed E-state index contributed by atoms with van der Waals surface area (Å²) in [7, 11) is 1.52. The molecule has 0 spiro atoms. The molecule has 0 bridgehead atoms. The van der Waals surface area contributed by atoms with E-state index >= 15 is 0 Å². The first-order valence-corrected chi connectivity index (χ1v) is 4.71. The van der Waals surface area contributed by atoms with Crippen LogP contribution in [0.2, 0.25) is 0 Å². The zero-order chi connectivity index (χ0) is 11.1. The van der Waals surface area contributed by atoms with Crippen LogP contribution in [0, 0.1) is 11.3 Å². The Balaban J connectivity index is 2.52. The third-order valence-corrected chi connectivity index (χ3v) is 1.99. The molecule has 0 saturated carbocycles. The highest BCUT2D eigenvalue weighted by atomic mass is 16.5. The molecular formula is C11H14N2O2. The Hall–Kier alpha value is -1.73. The molecule has 15 heavy (non-hydrogen) atoms. The normalized spacial score (nSPS) is 9.60. The summed E-state index contributed by atoms with van der Waals surface area (Å²) < 4.78 is 4.98. The lowest BCUT2D eigenvalue weighted by atomic mass is 10.2. The van der Waals surface area contributed by atoms with E-state index in [9.17, 15) is 5.11 Å². The molecule has 1 aromatic rings. The van der Waals surface area contributed by atoms with Gasteiger partial charge in [0.25, 0.3) is 0 Å². The second-order valence-electron chi connectivity index (χ2n) is 3.09. The van der Waals surface area contributed by atoms with Crippen LogP contribution in [-0.2, 0) is 6.54 Å². The van der Waals surface area contributed by atoms with Gasteiger partial charge in [0, 0.05) is 19.5 Å². The van der Waals surface area contributed by atoms with Crippen molar-refractivity contribution in [3.8, 4) is 17.6 Å². The van der Waals surface area contributed by atoms with Crippen LogP contribution in [0.3, 0.4) is 0 Å². The van der Waals surface area contributed by atoms with Gasteiger partial charge < -0.3 is 15.2 Å². The fourth-order valence-electron chi connectivity index (χ4n) is 1.21.